The van der Waals surface area contributed by atoms with Crippen LogP contribution in [0.5, 0.6) is 5.75 Å². The van der Waals surface area contributed by atoms with E-state index in [2.05, 4.69) is 0 Å². The van der Waals surface area contributed by atoms with Crippen molar-refractivity contribution in [3.05, 3.63) is 45.8 Å². The minimum Gasteiger partial charge on any atom is -0.482 e. The van der Waals surface area contributed by atoms with Crippen LogP contribution in [-0.2, 0) is 25.6 Å². The first-order valence-electron chi connectivity index (χ1n) is 8.98. The van der Waals surface area contributed by atoms with Crippen LogP contribution in [0.2, 0.25) is 0 Å². The van der Waals surface area contributed by atoms with Gasteiger partial charge in [0.25, 0.3) is 0 Å². The first kappa shape index (κ1) is 22.2. The Bertz CT molecular complexity index is 891. The molecular formula is C20H23NO7S. The van der Waals surface area contributed by atoms with Crippen molar-refractivity contribution in [3.8, 4) is 5.75 Å². The fourth-order valence-electron chi connectivity index (χ4n) is 2.46. The second-order valence-electron chi connectivity index (χ2n) is 5.80. The summed E-state index contributed by atoms with van der Waals surface area (Å²) in [7, 11) is 0. The van der Waals surface area contributed by atoms with E-state index < -0.39 is 17.9 Å². The van der Waals surface area contributed by atoms with Gasteiger partial charge in [-0.1, -0.05) is 18.2 Å². The molecule has 0 spiro atoms. The molecule has 0 bridgehead atoms. The lowest BCUT2D eigenvalue weighted by molar-refractivity contribution is -0.147. The summed E-state index contributed by atoms with van der Waals surface area (Å²) in [5, 5.41) is 0.0914. The lowest BCUT2D eigenvalue weighted by Gasteiger charge is -2.10. The van der Waals surface area contributed by atoms with Crippen LogP contribution < -0.4 is 10.5 Å². The van der Waals surface area contributed by atoms with Crippen LogP contribution in [0.4, 0.5) is 5.00 Å². The van der Waals surface area contributed by atoms with Gasteiger partial charge in [0.15, 0.2) is 6.61 Å². The Balaban J connectivity index is 2.14. The number of thiophene rings is 1. The van der Waals surface area contributed by atoms with Gasteiger partial charge in [0.1, 0.15) is 27.8 Å². The summed E-state index contributed by atoms with van der Waals surface area (Å²) in [6, 6.07) is 7.24. The molecule has 0 fully saturated rings. The van der Waals surface area contributed by atoms with Crippen molar-refractivity contribution in [1.82, 2.24) is 0 Å². The van der Waals surface area contributed by atoms with Gasteiger partial charge in [0.05, 0.1) is 13.2 Å². The number of benzene rings is 1. The van der Waals surface area contributed by atoms with Crippen molar-refractivity contribution in [2.75, 3.05) is 25.6 Å². The smallest absolute Gasteiger partial charge is 0.348 e. The fourth-order valence-corrected chi connectivity index (χ4v) is 3.42. The van der Waals surface area contributed by atoms with Crippen LogP contribution in [-0.4, -0.2) is 37.7 Å². The maximum Gasteiger partial charge on any atom is 0.348 e. The molecule has 0 unspecified atom stereocenters. The Morgan fingerprint density at radius 2 is 1.66 bits per heavy atom. The second-order valence-corrected chi connectivity index (χ2v) is 6.86. The third-order valence-electron chi connectivity index (χ3n) is 3.79. The van der Waals surface area contributed by atoms with Crippen LogP contribution in [0.1, 0.15) is 45.0 Å². The van der Waals surface area contributed by atoms with E-state index in [1.807, 2.05) is 19.1 Å². The number of hydrogen-bond acceptors (Lipinski definition) is 9. The monoisotopic (exact) mass is 421 g/mol. The van der Waals surface area contributed by atoms with Crippen LogP contribution in [0.15, 0.2) is 24.3 Å². The van der Waals surface area contributed by atoms with E-state index in [0.29, 0.717) is 5.75 Å². The molecule has 8 nitrogen and oxygen atoms in total. The highest BCUT2D eigenvalue weighted by Crippen LogP contribution is 2.33. The molecule has 0 aliphatic rings. The molecule has 2 N–H and O–H groups in total. The predicted molar refractivity (Wildman–Crippen MR) is 107 cm³/mol. The molecule has 0 radical (unpaired) electrons. The SMILES string of the molecule is CCOC(=O)c1sc(N)c(C(=O)OCC)c1COC(=O)COc1ccccc1C. The quantitative estimate of drug-likeness (QED) is 0.485. The lowest BCUT2D eigenvalue weighted by Crippen LogP contribution is -2.17. The zero-order chi connectivity index (χ0) is 21.4. The van der Waals surface area contributed by atoms with E-state index in [0.717, 1.165) is 16.9 Å². The van der Waals surface area contributed by atoms with Crippen molar-refractivity contribution >= 4 is 34.2 Å². The number of nitrogens with two attached hydrogens (primary N) is 1. The van der Waals surface area contributed by atoms with Gasteiger partial charge in [-0.05, 0) is 32.4 Å². The molecule has 0 amide bonds. The molecule has 0 aliphatic heterocycles. The van der Waals surface area contributed by atoms with E-state index in [1.54, 1.807) is 26.0 Å². The predicted octanol–water partition coefficient (Wildman–Crippen LogP) is 3.11. The summed E-state index contributed by atoms with van der Waals surface area (Å²) >= 11 is 0.887. The Labute approximate surface area is 172 Å². The summed E-state index contributed by atoms with van der Waals surface area (Å²) < 4.78 is 20.7. The number of rotatable bonds is 9. The van der Waals surface area contributed by atoms with Crippen LogP contribution in [0.3, 0.4) is 0 Å². The molecular weight excluding hydrogens is 398 g/mol. The first-order chi connectivity index (χ1) is 13.9. The maximum atomic E-state index is 12.3. The van der Waals surface area contributed by atoms with E-state index in [-0.39, 0.29) is 47.4 Å². The van der Waals surface area contributed by atoms with E-state index in [4.69, 9.17) is 24.7 Å². The number of esters is 3. The largest absolute Gasteiger partial charge is 0.482 e. The zero-order valence-corrected chi connectivity index (χ0v) is 17.3. The van der Waals surface area contributed by atoms with Crippen molar-refractivity contribution in [1.29, 1.82) is 0 Å². The normalized spacial score (nSPS) is 10.3. The molecule has 2 aromatic rings. The minimum absolute atomic E-state index is 0.00697. The number of nitrogen functional groups attached to an aromatic ring is 1. The van der Waals surface area contributed by atoms with Gasteiger partial charge in [-0.2, -0.15) is 0 Å². The number of carbonyl (C=O) groups is 3. The van der Waals surface area contributed by atoms with Gasteiger partial charge < -0.3 is 24.7 Å². The maximum absolute atomic E-state index is 12.3. The highest BCUT2D eigenvalue weighted by molar-refractivity contribution is 7.18. The number of hydrogen-bond donors (Lipinski definition) is 1. The number of anilines is 1. The van der Waals surface area contributed by atoms with E-state index >= 15 is 0 Å². The number of para-hydroxylation sites is 1. The average Bonchev–Trinajstić information content (AvgIpc) is 3.02. The van der Waals surface area contributed by atoms with Gasteiger partial charge in [-0.25, -0.2) is 14.4 Å². The third kappa shape index (κ3) is 5.71. The van der Waals surface area contributed by atoms with E-state index in [9.17, 15) is 14.4 Å². The molecule has 1 aromatic heterocycles. The molecule has 156 valence electrons. The van der Waals surface area contributed by atoms with Crippen molar-refractivity contribution in [2.45, 2.75) is 27.4 Å². The topological polar surface area (TPSA) is 114 Å². The van der Waals surface area contributed by atoms with Gasteiger partial charge in [0, 0.05) is 5.56 Å². The Kier molecular flexibility index (Phi) is 8.02. The second kappa shape index (κ2) is 10.5. The lowest BCUT2D eigenvalue weighted by atomic mass is 10.1. The Hall–Kier alpha value is -3.07. The van der Waals surface area contributed by atoms with Crippen molar-refractivity contribution in [3.63, 3.8) is 0 Å². The summed E-state index contributed by atoms with van der Waals surface area (Å²) in [5.41, 5.74) is 6.95. The standard InChI is InChI=1S/C20H23NO7S/c1-4-25-19(23)16-13(17(29-18(16)21)20(24)26-5-2)10-28-15(22)11-27-14-9-7-6-8-12(14)3/h6-9H,4-5,10-11,21H2,1-3H3. The highest BCUT2D eigenvalue weighted by Gasteiger charge is 2.28. The Morgan fingerprint density at radius 3 is 2.31 bits per heavy atom. The van der Waals surface area contributed by atoms with Gasteiger partial charge in [-0.15, -0.1) is 11.3 Å². The van der Waals surface area contributed by atoms with Crippen LogP contribution in [0.25, 0.3) is 0 Å². The molecule has 29 heavy (non-hydrogen) atoms. The Morgan fingerprint density at radius 1 is 1.00 bits per heavy atom. The minimum atomic E-state index is -0.695. The molecule has 1 heterocycles. The molecule has 0 aliphatic carbocycles. The van der Waals surface area contributed by atoms with Crippen LogP contribution in [0, 0.1) is 6.92 Å². The van der Waals surface area contributed by atoms with Gasteiger partial charge in [0.2, 0.25) is 0 Å². The first-order valence-corrected chi connectivity index (χ1v) is 9.80. The summed E-state index contributed by atoms with van der Waals surface area (Å²) in [6.45, 7) is 4.77. The summed E-state index contributed by atoms with van der Waals surface area (Å²) in [6.07, 6.45) is 0. The molecule has 9 heteroatoms. The van der Waals surface area contributed by atoms with Crippen molar-refractivity contribution in [2.24, 2.45) is 0 Å². The van der Waals surface area contributed by atoms with Crippen molar-refractivity contribution < 1.29 is 33.3 Å². The number of ether oxygens (including phenoxy) is 4. The third-order valence-corrected chi connectivity index (χ3v) is 4.83. The fraction of sp³-hybridized carbons (Fsp3) is 0.350. The number of carbonyl (C=O) groups excluding carboxylic acids is 3. The number of aryl methyl sites for hydroxylation is 1. The highest BCUT2D eigenvalue weighted by atomic mass is 32.1. The van der Waals surface area contributed by atoms with E-state index in [1.165, 1.54) is 0 Å². The average molecular weight is 421 g/mol. The molecule has 0 saturated heterocycles. The van der Waals surface area contributed by atoms with Gasteiger partial charge in [-0.3, -0.25) is 0 Å². The molecule has 1 aromatic carbocycles. The zero-order valence-electron chi connectivity index (χ0n) is 16.5. The molecule has 2 rings (SSSR count). The molecule has 0 saturated carbocycles. The van der Waals surface area contributed by atoms with Crippen LogP contribution >= 0.6 is 11.3 Å². The van der Waals surface area contributed by atoms with Gasteiger partial charge >= 0.3 is 17.9 Å². The summed E-state index contributed by atoms with van der Waals surface area (Å²) in [4.78, 5) is 36.7. The summed E-state index contributed by atoms with van der Waals surface area (Å²) in [5.74, 6) is -1.45. The molecule has 0 atom stereocenters.